The molecule has 1 unspecified atom stereocenters. The Morgan fingerprint density at radius 1 is 1.32 bits per heavy atom. The Hall–Kier alpha value is -0.810. The van der Waals surface area contributed by atoms with E-state index >= 15 is 0 Å². The summed E-state index contributed by atoms with van der Waals surface area (Å²) in [5.41, 5.74) is 0.916. The summed E-state index contributed by atoms with van der Waals surface area (Å²) in [7, 11) is 0. The highest BCUT2D eigenvalue weighted by Gasteiger charge is 2.15. The van der Waals surface area contributed by atoms with Crippen molar-refractivity contribution >= 4 is 29.1 Å². The van der Waals surface area contributed by atoms with Gasteiger partial charge in [-0.25, -0.2) is 0 Å². The first-order valence-corrected chi connectivity index (χ1v) is 8.18. The third kappa shape index (κ3) is 6.53. The van der Waals surface area contributed by atoms with Crippen LogP contribution in [0, 0.1) is 0 Å². The van der Waals surface area contributed by atoms with E-state index < -0.39 is 6.10 Å². The monoisotopic (exact) mass is 346 g/mol. The van der Waals surface area contributed by atoms with E-state index in [1.54, 1.807) is 13.0 Å². The maximum absolute atomic E-state index is 12.0. The Balaban J connectivity index is 2.44. The van der Waals surface area contributed by atoms with Crippen LogP contribution in [0.25, 0.3) is 0 Å². The minimum absolute atomic E-state index is 0.0625. The maximum Gasteiger partial charge on any atom is 0.234 e. The number of hydrogen-bond acceptors (Lipinski definition) is 3. The van der Waals surface area contributed by atoms with Gasteiger partial charge in [-0.1, -0.05) is 35.3 Å². The molecule has 0 radical (unpaired) electrons. The van der Waals surface area contributed by atoms with E-state index in [2.05, 4.69) is 5.32 Å². The van der Waals surface area contributed by atoms with Crippen molar-refractivity contribution in [3.8, 4) is 0 Å². The lowest BCUT2D eigenvalue weighted by molar-refractivity contribution is -0.122. The molecule has 2 N–H and O–H groups in total. The quantitative estimate of drug-likeness (QED) is 0.760. The molecule has 124 valence electrons. The van der Waals surface area contributed by atoms with Crippen LogP contribution in [0.1, 0.15) is 26.3 Å². The molecule has 1 amide bonds. The van der Waals surface area contributed by atoms with E-state index in [9.17, 15) is 9.90 Å². The smallest absolute Gasteiger partial charge is 0.234 e. The fourth-order valence-corrected chi connectivity index (χ4v) is 2.53. The molecule has 0 saturated heterocycles. The summed E-state index contributed by atoms with van der Waals surface area (Å²) in [4.78, 5) is 13.9. The number of benzene rings is 1. The van der Waals surface area contributed by atoms with Crippen molar-refractivity contribution in [2.45, 2.75) is 39.3 Å². The predicted molar refractivity (Wildman–Crippen MR) is 91.6 cm³/mol. The SMILES string of the molecule is CC(O)CN(CC(=O)NCCc1cccc(Cl)c1Cl)C(C)C. The summed E-state index contributed by atoms with van der Waals surface area (Å²) in [6.45, 7) is 6.97. The second-order valence-corrected chi connectivity index (χ2v) is 6.47. The van der Waals surface area contributed by atoms with Crippen molar-refractivity contribution < 1.29 is 9.90 Å². The Kier molecular flexibility index (Phi) is 8.18. The number of rotatable bonds is 8. The van der Waals surface area contributed by atoms with Crippen LogP contribution in [0.2, 0.25) is 10.0 Å². The third-order valence-electron chi connectivity index (χ3n) is 3.32. The first kappa shape index (κ1) is 19.2. The highest BCUT2D eigenvalue weighted by Crippen LogP contribution is 2.25. The lowest BCUT2D eigenvalue weighted by Gasteiger charge is -2.26. The molecule has 1 atom stereocenters. The Morgan fingerprint density at radius 2 is 2.00 bits per heavy atom. The van der Waals surface area contributed by atoms with Crippen molar-refractivity contribution in [2.24, 2.45) is 0 Å². The number of nitrogens with zero attached hydrogens (tertiary/aromatic N) is 1. The maximum atomic E-state index is 12.0. The topological polar surface area (TPSA) is 52.6 Å². The zero-order valence-electron chi connectivity index (χ0n) is 13.3. The van der Waals surface area contributed by atoms with Crippen molar-refractivity contribution in [3.63, 3.8) is 0 Å². The molecule has 0 aliphatic heterocycles. The van der Waals surface area contributed by atoms with Gasteiger partial charge in [0.25, 0.3) is 0 Å². The Labute approximate surface area is 142 Å². The summed E-state index contributed by atoms with van der Waals surface area (Å²) in [6, 6.07) is 5.67. The van der Waals surface area contributed by atoms with Gasteiger partial charge in [-0.15, -0.1) is 0 Å². The highest BCUT2D eigenvalue weighted by molar-refractivity contribution is 6.42. The standard InChI is InChI=1S/C16H24Cl2N2O2/c1-11(2)20(9-12(3)21)10-15(22)19-8-7-13-5-4-6-14(17)16(13)18/h4-6,11-12,21H,7-10H2,1-3H3,(H,19,22). The molecule has 0 heterocycles. The molecule has 4 nitrogen and oxygen atoms in total. The van der Waals surface area contributed by atoms with Crippen molar-refractivity contribution in [2.75, 3.05) is 19.6 Å². The van der Waals surface area contributed by atoms with E-state index in [0.717, 1.165) is 5.56 Å². The van der Waals surface area contributed by atoms with Crippen LogP contribution in [0.5, 0.6) is 0 Å². The number of halogens is 2. The first-order valence-electron chi connectivity index (χ1n) is 7.43. The number of aliphatic hydroxyl groups excluding tert-OH is 1. The van der Waals surface area contributed by atoms with Crippen LogP contribution in [0.3, 0.4) is 0 Å². The molecule has 0 fully saturated rings. The average Bonchev–Trinajstić information content (AvgIpc) is 2.42. The van der Waals surface area contributed by atoms with Crippen LogP contribution in [0.4, 0.5) is 0 Å². The largest absolute Gasteiger partial charge is 0.392 e. The van der Waals surface area contributed by atoms with Gasteiger partial charge in [-0.2, -0.15) is 0 Å². The molecule has 22 heavy (non-hydrogen) atoms. The molecule has 0 aromatic heterocycles. The fourth-order valence-electron chi connectivity index (χ4n) is 2.12. The van der Waals surface area contributed by atoms with Crippen LogP contribution >= 0.6 is 23.2 Å². The second kappa shape index (κ2) is 9.36. The van der Waals surface area contributed by atoms with Crippen LogP contribution in [-0.4, -0.2) is 47.7 Å². The predicted octanol–water partition coefficient (Wildman–Crippen LogP) is 2.74. The average molecular weight is 347 g/mol. The van der Waals surface area contributed by atoms with Gasteiger partial charge in [0, 0.05) is 19.1 Å². The molecule has 0 spiro atoms. The van der Waals surface area contributed by atoms with Crippen LogP contribution < -0.4 is 5.32 Å². The summed E-state index contributed by atoms with van der Waals surface area (Å²) >= 11 is 12.1. The van der Waals surface area contributed by atoms with Crippen LogP contribution in [0.15, 0.2) is 18.2 Å². The third-order valence-corrected chi connectivity index (χ3v) is 4.18. The second-order valence-electron chi connectivity index (χ2n) is 5.69. The first-order chi connectivity index (χ1) is 10.3. The van der Waals surface area contributed by atoms with Gasteiger partial charge >= 0.3 is 0 Å². The number of carbonyl (C=O) groups excluding carboxylic acids is 1. The van der Waals surface area contributed by atoms with Gasteiger partial charge in [-0.05, 0) is 38.8 Å². The lowest BCUT2D eigenvalue weighted by Crippen LogP contribution is -2.44. The molecule has 1 aromatic rings. The van der Waals surface area contributed by atoms with E-state index in [1.807, 2.05) is 30.9 Å². The number of hydrogen-bond donors (Lipinski definition) is 2. The van der Waals surface area contributed by atoms with E-state index in [4.69, 9.17) is 23.2 Å². The van der Waals surface area contributed by atoms with Crippen molar-refractivity contribution in [1.29, 1.82) is 0 Å². The van der Waals surface area contributed by atoms with E-state index in [1.165, 1.54) is 0 Å². The molecule has 1 aromatic carbocycles. The summed E-state index contributed by atoms with van der Waals surface area (Å²) in [5, 5.41) is 13.4. The van der Waals surface area contributed by atoms with Gasteiger partial charge in [0.2, 0.25) is 5.91 Å². The zero-order valence-corrected chi connectivity index (χ0v) is 14.8. The summed E-state index contributed by atoms with van der Waals surface area (Å²) < 4.78 is 0. The minimum Gasteiger partial charge on any atom is -0.392 e. The van der Waals surface area contributed by atoms with E-state index in [-0.39, 0.29) is 18.5 Å². The van der Waals surface area contributed by atoms with Gasteiger partial charge in [0.1, 0.15) is 0 Å². The Morgan fingerprint density at radius 3 is 2.59 bits per heavy atom. The van der Waals surface area contributed by atoms with E-state index in [0.29, 0.717) is 29.6 Å². The number of carbonyl (C=O) groups is 1. The van der Waals surface area contributed by atoms with Crippen LogP contribution in [-0.2, 0) is 11.2 Å². The fraction of sp³-hybridized carbons (Fsp3) is 0.562. The molecule has 1 rings (SSSR count). The van der Waals surface area contributed by atoms with Gasteiger partial charge < -0.3 is 10.4 Å². The molecule has 6 heteroatoms. The number of amides is 1. The zero-order chi connectivity index (χ0) is 16.7. The van der Waals surface area contributed by atoms with Gasteiger partial charge in [0.15, 0.2) is 0 Å². The van der Waals surface area contributed by atoms with Crippen molar-refractivity contribution in [3.05, 3.63) is 33.8 Å². The number of aliphatic hydroxyl groups is 1. The summed E-state index contributed by atoms with van der Waals surface area (Å²) in [5.74, 6) is -0.0625. The van der Waals surface area contributed by atoms with Gasteiger partial charge in [-0.3, -0.25) is 9.69 Å². The molecule has 0 bridgehead atoms. The molecular formula is C16H24Cl2N2O2. The molecule has 0 saturated carbocycles. The summed E-state index contributed by atoms with van der Waals surface area (Å²) in [6.07, 6.45) is 0.170. The lowest BCUT2D eigenvalue weighted by atomic mass is 10.1. The molecular weight excluding hydrogens is 323 g/mol. The van der Waals surface area contributed by atoms with Crippen molar-refractivity contribution in [1.82, 2.24) is 10.2 Å². The Bertz CT molecular complexity index is 493. The molecule has 0 aliphatic carbocycles. The van der Waals surface area contributed by atoms with Gasteiger partial charge in [0.05, 0.1) is 22.7 Å². The molecule has 0 aliphatic rings. The number of nitrogens with one attached hydrogen (secondary N) is 1. The minimum atomic E-state index is -0.458. The normalized spacial score (nSPS) is 12.7. The highest BCUT2D eigenvalue weighted by atomic mass is 35.5.